The SMILES string of the molecule is CN(C)/C=N/C(=S)c1cc([C@@H](COC(=O)NC2CC2)N2C(=O)[C@@](CC(C)(C)Cc3nsc(-c4cc([C@@H](COC(=O)NC5CC5)N5C(=O)[C@@](CC(C)(C)C)(c6ccc(-c7cnn(C(F)F)c7)cc6)N/C5=N\C(=O)OC(C)(C)C)ccc4Cl)n3)(c3ccc(-c4cnn(C(F)F)c4)cc3)N/C2=N\C(=O)OC(C)(C)C)ccc1Cl. The Labute approximate surface area is 652 Å². The third kappa shape index (κ3) is 19.6. The number of amides is 6. The third-order valence-corrected chi connectivity index (χ3v) is 19.7. The molecule has 0 bridgehead atoms. The maximum Gasteiger partial charge on any atom is 0.437 e. The van der Waals surface area contributed by atoms with Crippen molar-refractivity contribution in [1.82, 2.24) is 64.9 Å². The van der Waals surface area contributed by atoms with Crippen LogP contribution in [0.4, 0.5) is 36.7 Å². The van der Waals surface area contributed by atoms with Crippen molar-refractivity contribution in [3.63, 3.8) is 0 Å². The Morgan fingerprint density at radius 2 is 1.10 bits per heavy atom. The molecule has 2 aliphatic heterocycles. The summed E-state index contributed by atoms with van der Waals surface area (Å²) >= 11 is 20.8. The first-order chi connectivity index (χ1) is 51.7. The second kappa shape index (κ2) is 32.2. The molecule has 110 heavy (non-hydrogen) atoms. The summed E-state index contributed by atoms with van der Waals surface area (Å²) in [5.41, 5.74) is -3.65. The van der Waals surface area contributed by atoms with Crippen LogP contribution in [0.3, 0.4) is 0 Å². The van der Waals surface area contributed by atoms with Crippen molar-refractivity contribution in [3.05, 3.63) is 153 Å². The van der Waals surface area contributed by atoms with Crippen molar-refractivity contribution < 1.29 is 65.3 Å². The molecule has 2 saturated heterocycles. The minimum Gasteiger partial charge on any atom is -0.447 e. The van der Waals surface area contributed by atoms with Gasteiger partial charge in [-0.3, -0.25) is 19.4 Å². The second-order valence-electron chi connectivity index (χ2n) is 31.7. The topological polar surface area (TPSA) is 296 Å². The number of alkyl halides is 4. The van der Waals surface area contributed by atoms with E-state index in [9.17, 15) is 36.7 Å². The number of ether oxygens (including phenoxy) is 4. The Kier molecular flexibility index (Phi) is 23.7. The molecule has 7 aromatic rings. The number of nitrogens with zero attached hydrogens (tertiary/aromatic N) is 12. The molecule has 4 atom stereocenters. The number of hydrogen-bond acceptors (Lipinski definition) is 16. The van der Waals surface area contributed by atoms with Crippen LogP contribution in [-0.4, -0.2) is 154 Å². The van der Waals surface area contributed by atoms with Gasteiger partial charge in [-0.1, -0.05) is 131 Å². The molecule has 0 radical (unpaired) electrons. The van der Waals surface area contributed by atoms with Crippen LogP contribution in [0.1, 0.15) is 174 Å². The van der Waals surface area contributed by atoms with Gasteiger partial charge in [-0.25, -0.2) is 38.5 Å². The Morgan fingerprint density at radius 1 is 0.655 bits per heavy atom. The van der Waals surface area contributed by atoms with Crippen molar-refractivity contribution in [2.24, 2.45) is 25.8 Å². The normalized spacial score (nSPS) is 19.0. The van der Waals surface area contributed by atoms with Crippen molar-refractivity contribution in [1.29, 1.82) is 0 Å². The van der Waals surface area contributed by atoms with Crippen molar-refractivity contribution in [2.45, 2.75) is 181 Å². The summed E-state index contributed by atoms with van der Waals surface area (Å²) in [7, 11) is 3.52. The Hall–Kier alpha value is -9.92. The van der Waals surface area contributed by atoms with Crippen LogP contribution in [-0.2, 0) is 46.0 Å². The van der Waals surface area contributed by atoms with Gasteiger partial charge in [-0.15, -0.1) is 9.98 Å². The quantitative estimate of drug-likeness (QED) is 0.0144. The molecule has 2 saturated carbocycles. The number of benzene rings is 4. The Bertz CT molecular complexity index is 4740. The van der Waals surface area contributed by atoms with E-state index in [1.165, 1.54) is 40.9 Å². The highest BCUT2D eigenvalue weighted by atomic mass is 35.5. The van der Waals surface area contributed by atoms with E-state index in [0.29, 0.717) is 70.0 Å². The van der Waals surface area contributed by atoms with Gasteiger partial charge in [-0.2, -0.15) is 32.1 Å². The lowest BCUT2D eigenvalue weighted by Gasteiger charge is -2.36. The van der Waals surface area contributed by atoms with Gasteiger partial charge in [0.1, 0.15) is 51.3 Å². The summed E-state index contributed by atoms with van der Waals surface area (Å²) in [5, 5.41) is 20.7. The van der Waals surface area contributed by atoms with Crippen LogP contribution in [0.2, 0.25) is 10.0 Å². The van der Waals surface area contributed by atoms with E-state index in [2.05, 4.69) is 46.4 Å². The standard InChI is InChI=1S/C76H86Cl2F4N16O10S2/c1-71(2,3)39-75(48-20-14-42(15-21-48)46-33-84-95(35-46)63(79)80)61(99)97(65(91-75)89-69(103)107-72(4,5)6)57(38-106-68(102)87-51-26-27-51)45-19-29-55(78)53(31-45)60-88-58(93-110-60)32-74(10,11)40-76(49-22-16-43(17-23-49)47-34-85-96(36-47)64(81)82)62(100)98(66(92-76)90-70(104)108-73(7,8)9)56(37-105-67(101)86-50-24-25-50)44-18-28-54(77)52(30-44)59(109)83-41-94(12)13/h14-23,28-31,33-36,41,50-51,56-57,63-64H,24-27,32,37-40H2,1-13H3,(H,86,101)(H,87,102)(H,89,91,103)(H,90,92,104)/b83-41+/t56-,57-,75-,76-/m1/s1. The number of carbonyl (C=O) groups is 6. The van der Waals surface area contributed by atoms with E-state index in [1.807, 2.05) is 34.6 Å². The van der Waals surface area contributed by atoms with Crippen LogP contribution >= 0.6 is 47.0 Å². The molecule has 4 aliphatic rings. The van der Waals surface area contributed by atoms with Gasteiger partial charge < -0.3 is 45.1 Å². The molecule has 6 amide bonds. The van der Waals surface area contributed by atoms with E-state index in [1.54, 1.807) is 145 Å². The van der Waals surface area contributed by atoms with Gasteiger partial charge >= 0.3 is 37.5 Å². The van der Waals surface area contributed by atoms with Crippen LogP contribution in [0.25, 0.3) is 32.8 Å². The summed E-state index contributed by atoms with van der Waals surface area (Å²) in [4.78, 5) is 111. The molecular formula is C76H86Cl2F4N16O10S2. The molecule has 4 N–H and O–H groups in total. The van der Waals surface area contributed by atoms with Gasteiger partial charge in [0.05, 0.1) is 40.9 Å². The monoisotopic (exact) mass is 1590 g/mol. The minimum atomic E-state index is -2.93. The van der Waals surface area contributed by atoms with E-state index < -0.39 is 108 Å². The maximum atomic E-state index is 16.7. The molecule has 0 spiro atoms. The highest BCUT2D eigenvalue weighted by Gasteiger charge is 2.58. The molecule has 34 heteroatoms. The largest absolute Gasteiger partial charge is 0.447 e. The number of aromatic nitrogens is 6. The first-order valence-corrected chi connectivity index (χ1v) is 37.4. The fraction of sp³-hybridized carbons (Fsp3) is 0.447. The molecule has 584 valence electrons. The predicted molar refractivity (Wildman–Crippen MR) is 411 cm³/mol. The second-order valence-corrected chi connectivity index (χ2v) is 33.7. The zero-order valence-corrected chi connectivity index (χ0v) is 66.0. The third-order valence-electron chi connectivity index (χ3n) is 17.9. The number of nitrogens with one attached hydrogen (secondary N) is 4. The molecule has 26 nitrogen and oxygen atoms in total. The van der Waals surface area contributed by atoms with Gasteiger partial charge in [0.15, 0.2) is 0 Å². The lowest BCUT2D eigenvalue weighted by molar-refractivity contribution is -0.135. The van der Waals surface area contributed by atoms with Gasteiger partial charge in [0, 0.05) is 67.2 Å². The first kappa shape index (κ1) is 81.1. The summed E-state index contributed by atoms with van der Waals surface area (Å²) < 4.78 is 84.7. The summed E-state index contributed by atoms with van der Waals surface area (Å²) in [6, 6.07) is 20.2. The van der Waals surface area contributed by atoms with E-state index in [0.717, 1.165) is 37.2 Å². The summed E-state index contributed by atoms with van der Waals surface area (Å²) in [5.74, 6) is -1.57. The van der Waals surface area contributed by atoms with Crippen LogP contribution in [0.15, 0.2) is 125 Å². The summed E-state index contributed by atoms with van der Waals surface area (Å²) in [6.07, 6.45) is 5.74. The molecule has 0 unspecified atom stereocenters. The number of carbonyl (C=O) groups excluding carboxylic acids is 6. The number of hydrogen-bond donors (Lipinski definition) is 4. The van der Waals surface area contributed by atoms with Gasteiger partial charge in [0.25, 0.3) is 11.8 Å². The van der Waals surface area contributed by atoms with Gasteiger partial charge in [-0.05, 0) is 160 Å². The molecular weight excluding hydrogens is 1510 g/mol. The Morgan fingerprint density at radius 3 is 1.52 bits per heavy atom. The first-order valence-electron chi connectivity index (χ1n) is 35.4. The number of thiocarbonyl (C=S) groups is 1. The average molecular weight is 1590 g/mol. The molecule has 5 heterocycles. The molecule has 4 aromatic carbocycles. The van der Waals surface area contributed by atoms with E-state index in [-0.39, 0.29) is 64.1 Å². The average Bonchev–Trinajstić information content (AvgIpc) is 1.57. The summed E-state index contributed by atoms with van der Waals surface area (Å²) in [6.45, 7) is 12.6. The number of alkyl carbamates (subject to hydrolysis) is 2. The van der Waals surface area contributed by atoms with Crippen molar-refractivity contribution in [2.75, 3.05) is 27.3 Å². The van der Waals surface area contributed by atoms with Gasteiger partial charge in [0.2, 0.25) is 11.9 Å². The van der Waals surface area contributed by atoms with Crippen LogP contribution < -0.4 is 21.3 Å². The number of halogens is 6. The number of guanidine groups is 2. The number of aliphatic imine (C=N–C) groups is 3. The number of rotatable bonds is 24. The molecule has 2 aliphatic carbocycles. The van der Waals surface area contributed by atoms with Crippen molar-refractivity contribution >= 4 is 106 Å². The molecule has 3 aromatic heterocycles. The van der Waals surface area contributed by atoms with Crippen LogP contribution in [0, 0.1) is 10.8 Å². The minimum absolute atomic E-state index is 0.0431. The van der Waals surface area contributed by atoms with Crippen LogP contribution in [0.5, 0.6) is 0 Å². The smallest absolute Gasteiger partial charge is 0.437 e. The van der Waals surface area contributed by atoms with E-state index in [4.69, 9.17) is 63.7 Å². The van der Waals surface area contributed by atoms with Crippen molar-refractivity contribution in [3.8, 4) is 32.8 Å². The molecule has 4 fully saturated rings. The molecule has 11 rings (SSSR count). The Balaban J connectivity index is 0.993. The zero-order valence-electron chi connectivity index (χ0n) is 62.8. The lowest BCUT2D eigenvalue weighted by Crippen LogP contribution is -2.48. The lowest BCUT2D eigenvalue weighted by atomic mass is 9.72. The highest BCUT2D eigenvalue weighted by Crippen LogP contribution is 2.48. The zero-order chi connectivity index (χ0) is 79.7. The highest BCUT2D eigenvalue weighted by molar-refractivity contribution is 7.80. The van der Waals surface area contributed by atoms with E-state index >= 15 is 9.59 Å². The predicted octanol–water partition coefficient (Wildman–Crippen LogP) is 15.5. The maximum absolute atomic E-state index is 16.7. The fourth-order valence-electron chi connectivity index (χ4n) is 12.9. The fourth-order valence-corrected chi connectivity index (χ4v) is 14.4.